The Hall–Kier alpha value is -1.51. The van der Waals surface area contributed by atoms with Gasteiger partial charge in [0.25, 0.3) is 0 Å². The molecule has 11 heavy (non-hydrogen) atoms. The molecule has 0 unspecified atom stereocenters. The van der Waals surface area contributed by atoms with Crippen LogP contribution in [0.25, 0.3) is 0 Å². The van der Waals surface area contributed by atoms with Crippen molar-refractivity contribution in [2.45, 2.75) is 0 Å². The number of carbonyl (C=O) groups is 1. The second-order valence-electron chi connectivity index (χ2n) is 1.85. The van der Waals surface area contributed by atoms with E-state index in [1.165, 1.54) is 0 Å². The molecule has 0 fully saturated rings. The molecule has 3 nitrogen and oxygen atoms in total. The van der Waals surface area contributed by atoms with E-state index in [-0.39, 0.29) is 6.61 Å². The highest BCUT2D eigenvalue weighted by Crippen LogP contribution is 1.95. The van der Waals surface area contributed by atoms with Gasteiger partial charge >= 0.3 is 5.97 Å². The molecule has 1 rings (SSSR count). The van der Waals surface area contributed by atoms with Gasteiger partial charge in [-0.25, -0.2) is 9.78 Å². The first-order chi connectivity index (χ1) is 5.34. The van der Waals surface area contributed by atoms with Crippen molar-refractivity contribution in [1.29, 1.82) is 0 Å². The van der Waals surface area contributed by atoms with Crippen LogP contribution in [-0.2, 0) is 4.74 Å². The van der Waals surface area contributed by atoms with Crippen molar-refractivity contribution < 1.29 is 9.53 Å². The molecule has 0 aliphatic heterocycles. The molecule has 0 aromatic carbocycles. The third kappa shape index (κ3) is 1.97. The third-order valence-corrected chi connectivity index (χ3v) is 1.11. The van der Waals surface area contributed by atoms with Crippen molar-refractivity contribution in [2.24, 2.45) is 0 Å². The summed E-state index contributed by atoms with van der Waals surface area (Å²) in [4.78, 5) is 14.7. The van der Waals surface area contributed by atoms with Crippen molar-refractivity contribution in [3.8, 4) is 0 Å². The molecular weight excluding hydrogens is 142 g/mol. The number of aromatic nitrogens is 1. The maximum absolute atomic E-state index is 10.9. The zero-order valence-corrected chi connectivity index (χ0v) is 5.99. The molecule has 0 aliphatic rings. The van der Waals surface area contributed by atoms with E-state index >= 15 is 0 Å². The summed E-state index contributed by atoms with van der Waals surface area (Å²) in [6, 6.07) is 5.06. The van der Waals surface area contributed by atoms with E-state index in [4.69, 9.17) is 0 Å². The van der Waals surface area contributed by atoms with E-state index in [9.17, 15) is 4.79 Å². The fourth-order valence-electron chi connectivity index (χ4n) is 0.650. The lowest BCUT2D eigenvalue weighted by molar-refractivity contribution is 0.0540. The molecule has 1 aromatic rings. The number of carbonyl (C=O) groups excluding carboxylic acids is 1. The Kier molecular flexibility index (Phi) is 2.49. The van der Waals surface area contributed by atoms with Crippen LogP contribution < -0.4 is 0 Å². The fraction of sp³-hybridized carbons (Fsp3) is 0.125. The van der Waals surface area contributed by atoms with Gasteiger partial charge in [0.15, 0.2) is 0 Å². The molecule has 1 aromatic heterocycles. The zero-order chi connectivity index (χ0) is 8.10. The standard InChI is InChI=1S/C8H8NO2/c1-2-11-8(10)7-5-3-4-6-9-7/h3-6H,1-2H2/q+1. The van der Waals surface area contributed by atoms with Crippen LogP contribution in [-0.4, -0.2) is 17.6 Å². The Bertz CT molecular complexity index is 233. The summed E-state index contributed by atoms with van der Waals surface area (Å²) in [5.41, 5.74) is 0.316. The SMILES string of the molecule is [CH2+]COC(=O)c1ccccn1. The van der Waals surface area contributed by atoms with E-state index in [0.29, 0.717) is 5.69 Å². The molecule has 0 amide bonds. The lowest BCUT2D eigenvalue weighted by atomic mass is 10.4. The molecule has 56 valence electrons. The van der Waals surface area contributed by atoms with Crippen LogP contribution in [0.2, 0.25) is 0 Å². The van der Waals surface area contributed by atoms with Crippen molar-refractivity contribution in [3.05, 3.63) is 37.0 Å². The molecule has 0 aliphatic carbocycles. The minimum absolute atomic E-state index is 0.134. The maximum atomic E-state index is 10.9. The molecule has 0 saturated carbocycles. The molecule has 3 heteroatoms. The number of rotatable bonds is 2. The minimum atomic E-state index is -0.430. The van der Waals surface area contributed by atoms with Gasteiger partial charge in [0.1, 0.15) is 12.6 Å². The predicted molar refractivity (Wildman–Crippen MR) is 39.9 cm³/mol. The van der Waals surface area contributed by atoms with Gasteiger partial charge in [-0.05, 0) is 12.1 Å². The van der Waals surface area contributed by atoms with Gasteiger partial charge in [-0.15, -0.1) is 0 Å². The quantitative estimate of drug-likeness (QED) is 0.467. The summed E-state index contributed by atoms with van der Waals surface area (Å²) >= 11 is 0. The Morgan fingerprint density at radius 1 is 1.64 bits per heavy atom. The first-order valence-electron chi connectivity index (χ1n) is 3.22. The molecule has 0 atom stereocenters. The van der Waals surface area contributed by atoms with E-state index in [0.717, 1.165) is 0 Å². The third-order valence-electron chi connectivity index (χ3n) is 1.11. The summed E-state index contributed by atoms with van der Waals surface area (Å²) in [7, 11) is 0. The molecule has 1 heterocycles. The fourth-order valence-corrected chi connectivity index (χ4v) is 0.650. The van der Waals surface area contributed by atoms with Crippen LogP contribution in [0.1, 0.15) is 10.5 Å². The lowest BCUT2D eigenvalue weighted by Gasteiger charge is -1.95. The lowest BCUT2D eigenvalue weighted by Crippen LogP contribution is -2.06. The number of ether oxygens (including phenoxy) is 1. The smallest absolute Gasteiger partial charge is 0.360 e. The van der Waals surface area contributed by atoms with Crippen LogP contribution in [0.15, 0.2) is 24.4 Å². The first kappa shape index (κ1) is 7.60. The Morgan fingerprint density at radius 2 is 2.45 bits per heavy atom. The van der Waals surface area contributed by atoms with Crippen LogP contribution in [0, 0.1) is 6.92 Å². The van der Waals surface area contributed by atoms with Gasteiger partial charge in [0.05, 0.1) is 0 Å². The number of hydrogen-bond acceptors (Lipinski definition) is 3. The van der Waals surface area contributed by atoms with E-state index < -0.39 is 5.97 Å². The van der Waals surface area contributed by atoms with Crippen LogP contribution >= 0.6 is 0 Å². The van der Waals surface area contributed by atoms with E-state index in [1.54, 1.807) is 24.4 Å². The van der Waals surface area contributed by atoms with Crippen molar-refractivity contribution in [2.75, 3.05) is 6.61 Å². The Morgan fingerprint density at radius 3 is 3.00 bits per heavy atom. The topological polar surface area (TPSA) is 39.2 Å². The molecule has 0 spiro atoms. The molecule has 0 N–H and O–H groups in total. The van der Waals surface area contributed by atoms with Crippen LogP contribution in [0.3, 0.4) is 0 Å². The molecular formula is C8H8NO2+. The number of nitrogens with zero attached hydrogens (tertiary/aromatic N) is 1. The van der Waals surface area contributed by atoms with Crippen molar-refractivity contribution in [1.82, 2.24) is 4.98 Å². The summed E-state index contributed by atoms with van der Waals surface area (Å²) in [6.07, 6.45) is 1.54. The summed E-state index contributed by atoms with van der Waals surface area (Å²) < 4.78 is 4.62. The minimum Gasteiger partial charge on any atom is -0.419 e. The number of esters is 1. The van der Waals surface area contributed by atoms with E-state index in [2.05, 4.69) is 16.6 Å². The van der Waals surface area contributed by atoms with Gasteiger partial charge < -0.3 is 4.74 Å². The van der Waals surface area contributed by atoms with Crippen LogP contribution in [0.4, 0.5) is 0 Å². The van der Waals surface area contributed by atoms with Gasteiger partial charge in [-0.3, -0.25) is 0 Å². The highest BCUT2D eigenvalue weighted by atomic mass is 16.5. The normalized spacial score (nSPS) is 9.09. The second kappa shape index (κ2) is 3.61. The number of pyridine rings is 1. The largest absolute Gasteiger partial charge is 0.419 e. The monoisotopic (exact) mass is 150 g/mol. The average Bonchev–Trinajstić information content (AvgIpc) is 2.07. The second-order valence-corrected chi connectivity index (χ2v) is 1.85. The highest BCUT2D eigenvalue weighted by molar-refractivity contribution is 5.87. The Labute approximate surface area is 65.0 Å². The maximum Gasteiger partial charge on any atom is 0.360 e. The summed E-state index contributed by atoms with van der Waals surface area (Å²) in [6.45, 7) is 3.51. The Balaban J connectivity index is 2.69. The van der Waals surface area contributed by atoms with Crippen LogP contribution in [0.5, 0.6) is 0 Å². The zero-order valence-electron chi connectivity index (χ0n) is 5.99. The highest BCUT2D eigenvalue weighted by Gasteiger charge is 2.06. The molecule has 0 radical (unpaired) electrons. The first-order valence-corrected chi connectivity index (χ1v) is 3.22. The van der Waals surface area contributed by atoms with Crippen molar-refractivity contribution >= 4 is 5.97 Å². The van der Waals surface area contributed by atoms with Gasteiger partial charge in [-0.2, -0.15) is 0 Å². The van der Waals surface area contributed by atoms with Gasteiger partial charge in [0.2, 0.25) is 6.61 Å². The summed E-state index contributed by atoms with van der Waals surface area (Å²) in [5, 5.41) is 0. The average molecular weight is 150 g/mol. The predicted octanol–water partition coefficient (Wildman–Crippen LogP) is 1.07. The van der Waals surface area contributed by atoms with Crippen molar-refractivity contribution in [3.63, 3.8) is 0 Å². The van der Waals surface area contributed by atoms with Gasteiger partial charge in [-0.1, -0.05) is 6.07 Å². The molecule has 0 bridgehead atoms. The summed E-state index contributed by atoms with van der Waals surface area (Å²) in [5.74, 6) is -0.430. The number of hydrogen-bond donors (Lipinski definition) is 0. The van der Waals surface area contributed by atoms with E-state index in [1.807, 2.05) is 0 Å². The van der Waals surface area contributed by atoms with Gasteiger partial charge in [0, 0.05) is 6.20 Å². The molecule has 0 saturated heterocycles.